The molecule has 0 aliphatic heterocycles. The molecule has 0 fully saturated rings. The molecule has 0 aliphatic carbocycles. The molecule has 20 heavy (non-hydrogen) atoms. The van der Waals surface area contributed by atoms with Gasteiger partial charge in [-0.05, 0) is 24.6 Å². The second kappa shape index (κ2) is 6.59. The molecule has 1 unspecified atom stereocenters. The Morgan fingerprint density at radius 3 is 2.15 bits per heavy atom. The van der Waals surface area contributed by atoms with Gasteiger partial charge in [-0.15, -0.1) is 0 Å². The minimum atomic E-state index is -0.588. The summed E-state index contributed by atoms with van der Waals surface area (Å²) in [5.41, 5.74) is 0.862. The third-order valence-electron chi connectivity index (χ3n) is 3.27. The highest BCUT2D eigenvalue weighted by Gasteiger charge is 2.19. The summed E-state index contributed by atoms with van der Waals surface area (Å²) in [6, 6.07) is 12.2. The number of aliphatic hydroxyl groups is 1. The molecule has 0 amide bonds. The molecule has 2 atom stereocenters. The minimum absolute atomic E-state index is 0.0121. The molecule has 2 aromatic carbocycles. The summed E-state index contributed by atoms with van der Waals surface area (Å²) in [6.45, 7) is 1.53. The predicted molar refractivity (Wildman–Crippen MR) is 74.2 cm³/mol. The van der Waals surface area contributed by atoms with Crippen molar-refractivity contribution in [2.75, 3.05) is 6.61 Å². The first-order chi connectivity index (χ1) is 9.63. The number of nitrogens with one attached hydrogen (secondary N) is 1. The monoisotopic (exact) mass is 277 g/mol. The quantitative estimate of drug-likeness (QED) is 0.878. The number of halogens is 2. The molecule has 2 nitrogen and oxygen atoms in total. The maximum Gasteiger partial charge on any atom is 0.130 e. The lowest BCUT2D eigenvalue weighted by atomic mass is 10.0. The summed E-state index contributed by atoms with van der Waals surface area (Å²) in [5.74, 6) is -1.18. The van der Waals surface area contributed by atoms with Gasteiger partial charge >= 0.3 is 0 Å². The van der Waals surface area contributed by atoms with Gasteiger partial charge in [-0.25, -0.2) is 8.78 Å². The van der Waals surface area contributed by atoms with Crippen LogP contribution >= 0.6 is 0 Å². The Hall–Kier alpha value is -1.78. The van der Waals surface area contributed by atoms with Gasteiger partial charge in [0.2, 0.25) is 0 Å². The summed E-state index contributed by atoms with van der Waals surface area (Å²) < 4.78 is 27.4. The van der Waals surface area contributed by atoms with Crippen molar-refractivity contribution < 1.29 is 13.9 Å². The van der Waals surface area contributed by atoms with E-state index in [1.54, 1.807) is 6.92 Å². The molecule has 0 saturated carbocycles. The maximum atomic E-state index is 13.7. The predicted octanol–water partition coefficient (Wildman–Crippen LogP) is 3.35. The van der Waals surface area contributed by atoms with Crippen LogP contribution in [0.15, 0.2) is 48.5 Å². The zero-order chi connectivity index (χ0) is 14.5. The first-order valence-electron chi connectivity index (χ1n) is 6.49. The van der Waals surface area contributed by atoms with Crippen molar-refractivity contribution in [2.45, 2.75) is 19.0 Å². The Balaban J connectivity index is 2.20. The molecular formula is C16H17F2NO. The SMILES string of the molecule is CC(N[C@H](CO)c1ccccc1)c1c(F)cccc1F. The summed E-state index contributed by atoms with van der Waals surface area (Å²) in [6.07, 6.45) is 0. The van der Waals surface area contributed by atoms with E-state index < -0.39 is 17.7 Å². The molecule has 0 spiro atoms. The Labute approximate surface area is 117 Å². The van der Waals surface area contributed by atoms with Crippen molar-refractivity contribution >= 4 is 0 Å². The molecule has 0 bridgehead atoms. The van der Waals surface area contributed by atoms with Crippen LogP contribution in [0.25, 0.3) is 0 Å². The van der Waals surface area contributed by atoms with Gasteiger partial charge in [0.15, 0.2) is 0 Å². The van der Waals surface area contributed by atoms with Gasteiger partial charge in [0.1, 0.15) is 11.6 Å². The standard InChI is InChI=1S/C16H17F2NO/c1-11(16-13(17)8-5-9-14(16)18)19-15(10-20)12-6-3-2-4-7-12/h2-9,11,15,19-20H,10H2,1H3/t11?,15-/m1/s1. The third kappa shape index (κ3) is 3.21. The largest absolute Gasteiger partial charge is 0.394 e. The van der Waals surface area contributed by atoms with Crippen molar-refractivity contribution in [2.24, 2.45) is 0 Å². The number of aliphatic hydroxyl groups excluding tert-OH is 1. The number of hydrogen-bond donors (Lipinski definition) is 2. The lowest BCUT2D eigenvalue weighted by Crippen LogP contribution is -2.28. The Morgan fingerprint density at radius 2 is 1.60 bits per heavy atom. The molecule has 0 radical (unpaired) electrons. The van der Waals surface area contributed by atoms with Crippen LogP contribution in [0.1, 0.15) is 30.1 Å². The van der Waals surface area contributed by atoms with Crippen LogP contribution in [-0.4, -0.2) is 11.7 Å². The van der Waals surface area contributed by atoms with Crippen LogP contribution in [0.5, 0.6) is 0 Å². The van der Waals surface area contributed by atoms with Crippen molar-refractivity contribution in [3.63, 3.8) is 0 Å². The zero-order valence-corrected chi connectivity index (χ0v) is 11.2. The van der Waals surface area contributed by atoms with Gasteiger partial charge in [0.25, 0.3) is 0 Å². The molecule has 2 N–H and O–H groups in total. The van der Waals surface area contributed by atoms with Crippen molar-refractivity contribution in [1.82, 2.24) is 5.32 Å². The second-order valence-electron chi connectivity index (χ2n) is 4.67. The number of benzene rings is 2. The van der Waals surface area contributed by atoms with E-state index in [2.05, 4.69) is 5.32 Å². The molecule has 2 aromatic rings. The zero-order valence-electron chi connectivity index (χ0n) is 11.2. The van der Waals surface area contributed by atoms with Crippen LogP contribution in [0, 0.1) is 11.6 Å². The van der Waals surface area contributed by atoms with E-state index in [0.717, 1.165) is 5.56 Å². The van der Waals surface area contributed by atoms with Gasteiger partial charge in [-0.2, -0.15) is 0 Å². The third-order valence-corrected chi connectivity index (χ3v) is 3.27. The van der Waals surface area contributed by atoms with Crippen LogP contribution in [0.2, 0.25) is 0 Å². The molecule has 0 saturated heterocycles. The minimum Gasteiger partial charge on any atom is -0.394 e. The van der Waals surface area contributed by atoms with Gasteiger partial charge in [-0.3, -0.25) is 0 Å². The van der Waals surface area contributed by atoms with Gasteiger partial charge in [-0.1, -0.05) is 36.4 Å². The van der Waals surface area contributed by atoms with Crippen LogP contribution in [0.4, 0.5) is 8.78 Å². The highest BCUT2D eigenvalue weighted by molar-refractivity contribution is 5.24. The Morgan fingerprint density at radius 1 is 1.00 bits per heavy atom. The van der Waals surface area contributed by atoms with Gasteiger partial charge in [0.05, 0.1) is 12.6 Å². The summed E-state index contributed by atoms with van der Waals surface area (Å²) in [5, 5.41) is 12.5. The van der Waals surface area contributed by atoms with E-state index >= 15 is 0 Å². The number of rotatable bonds is 5. The first-order valence-corrected chi connectivity index (χ1v) is 6.49. The summed E-state index contributed by atoms with van der Waals surface area (Å²) in [4.78, 5) is 0. The van der Waals surface area contributed by atoms with Crippen LogP contribution < -0.4 is 5.32 Å². The fourth-order valence-corrected chi connectivity index (χ4v) is 2.25. The maximum absolute atomic E-state index is 13.7. The van der Waals surface area contributed by atoms with E-state index in [1.165, 1.54) is 18.2 Å². The summed E-state index contributed by atoms with van der Waals surface area (Å²) >= 11 is 0. The lowest BCUT2D eigenvalue weighted by molar-refractivity contribution is 0.234. The van der Waals surface area contributed by atoms with Crippen LogP contribution in [0.3, 0.4) is 0 Å². The average Bonchev–Trinajstić information content (AvgIpc) is 2.45. The van der Waals surface area contributed by atoms with Gasteiger partial charge in [0, 0.05) is 11.6 Å². The van der Waals surface area contributed by atoms with E-state index in [-0.39, 0.29) is 18.2 Å². The van der Waals surface area contributed by atoms with E-state index in [4.69, 9.17) is 0 Å². The Kier molecular flexibility index (Phi) is 4.82. The molecule has 0 heterocycles. The topological polar surface area (TPSA) is 32.3 Å². The van der Waals surface area contributed by atoms with E-state index in [0.29, 0.717) is 0 Å². The average molecular weight is 277 g/mol. The fourth-order valence-electron chi connectivity index (χ4n) is 2.25. The molecule has 0 aliphatic rings. The summed E-state index contributed by atoms with van der Waals surface area (Å²) in [7, 11) is 0. The smallest absolute Gasteiger partial charge is 0.130 e. The molecule has 4 heteroatoms. The molecular weight excluding hydrogens is 260 g/mol. The second-order valence-corrected chi connectivity index (χ2v) is 4.67. The molecule has 0 aromatic heterocycles. The van der Waals surface area contributed by atoms with Crippen molar-refractivity contribution in [1.29, 1.82) is 0 Å². The van der Waals surface area contributed by atoms with Gasteiger partial charge < -0.3 is 10.4 Å². The highest BCUT2D eigenvalue weighted by atomic mass is 19.1. The first kappa shape index (κ1) is 14.6. The Bertz CT molecular complexity index is 539. The fraction of sp³-hybridized carbons (Fsp3) is 0.250. The van der Waals surface area contributed by atoms with E-state index in [1.807, 2.05) is 30.3 Å². The normalized spacial score (nSPS) is 14.0. The van der Waals surface area contributed by atoms with E-state index in [9.17, 15) is 13.9 Å². The van der Waals surface area contributed by atoms with Crippen LogP contribution in [-0.2, 0) is 0 Å². The molecule has 106 valence electrons. The highest BCUT2D eigenvalue weighted by Crippen LogP contribution is 2.23. The molecule has 2 rings (SSSR count). The van der Waals surface area contributed by atoms with Crippen molar-refractivity contribution in [3.05, 3.63) is 71.3 Å². The lowest BCUT2D eigenvalue weighted by Gasteiger charge is -2.23. The van der Waals surface area contributed by atoms with Crippen molar-refractivity contribution in [3.8, 4) is 0 Å². The number of hydrogen-bond acceptors (Lipinski definition) is 2.